The maximum atomic E-state index is 12.9. The predicted molar refractivity (Wildman–Crippen MR) is 282 cm³/mol. The molecule has 6 aromatic rings. The Kier molecular flexibility index (Phi) is 23.2. The summed E-state index contributed by atoms with van der Waals surface area (Å²) in [5, 5.41) is 14.2. The molecule has 4 amide bonds. The van der Waals surface area contributed by atoms with E-state index in [2.05, 4.69) is 13.2 Å². The van der Waals surface area contributed by atoms with Crippen LogP contribution >= 0.6 is 33.9 Å². The molecule has 396 valence electrons. The van der Waals surface area contributed by atoms with Crippen molar-refractivity contribution in [2.75, 3.05) is 18.6 Å². The number of hydrogen-bond acceptors (Lipinski definition) is 16. The van der Waals surface area contributed by atoms with E-state index in [9.17, 15) is 60.4 Å². The molecule has 2 aliphatic rings. The third-order valence-electron chi connectivity index (χ3n) is 10.8. The van der Waals surface area contributed by atoms with Crippen molar-refractivity contribution in [3.63, 3.8) is 0 Å². The van der Waals surface area contributed by atoms with Crippen LogP contribution in [0.5, 0.6) is 0 Å². The Balaban J connectivity index is 0.000000264. The van der Waals surface area contributed by atoms with Crippen molar-refractivity contribution in [3.05, 3.63) is 184 Å². The molecule has 0 aromatic heterocycles. The number of amides is 4. The second-order valence-electron chi connectivity index (χ2n) is 16.2. The summed E-state index contributed by atoms with van der Waals surface area (Å²) in [5.41, 5.74) is 2.07. The van der Waals surface area contributed by atoms with Crippen LogP contribution in [0.4, 0.5) is 0 Å². The van der Waals surface area contributed by atoms with Crippen LogP contribution in [-0.2, 0) is 42.5 Å². The molecule has 0 unspecified atom stereocenters. The van der Waals surface area contributed by atoms with E-state index in [1.807, 2.05) is 12.1 Å². The summed E-state index contributed by atoms with van der Waals surface area (Å²) >= 11 is 9.53. The summed E-state index contributed by atoms with van der Waals surface area (Å²) in [6, 6.07) is 30.1. The largest absolute Gasteiger partial charge is 1.00 e. The van der Waals surface area contributed by atoms with Crippen molar-refractivity contribution in [3.8, 4) is 0 Å². The minimum absolute atomic E-state index is 0. The van der Waals surface area contributed by atoms with E-state index in [0.717, 1.165) is 17.5 Å². The van der Waals surface area contributed by atoms with Gasteiger partial charge in [-0.15, -0.1) is 32.5 Å². The summed E-state index contributed by atoms with van der Waals surface area (Å²) in [5.74, 6) is -4.83. The van der Waals surface area contributed by atoms with E-state index in [0.29, 0.717) is 44.8 Å². The molecule has 77 heavy (non-hydrogen) atoms. The quantitative estimate of drug-likeness (QED) is 0.0140. The van der Waals surface area contributed by atoms with Crippen LogP contribution in [0.1, 0.15) is 102 Å². The number of ketones is 2. The Hall–Kier alpha value is -6.43. The third kappa shape index (κ3) is 16.1. The van der Waals surface area contributed by atoms with Gasteiger partial charge >= 0.3 is 51.6 Å². The second-order valence-corrected chi connectivity index (χ2v) is 21.1. The molecule has 0 spiro atoms. The van der Waals surface area contributed by atoms with E-state index in [4.69, 9.17) is 47.6 Å². The number of benzene rings is 6. The molecule has 2 heterocycles. The fraction of sp³-hybridized carbons (Fsp3) is 0.170. The van der Waals surface area contributed by atoms with Gasteiger partial charge in [0.05, 0.1) is 39.5 Å². The Morgan fingerprint density at radius 3 is 1.19 bits per heavy atom. The maximum absolute atomic E-state index is 12.9. The number of hydrogen-bond donors (Lipinski definition) is 0. The fourth-order valence-electron chi connectivity index (χ4n) is 7.17. The number of Topliss-reactive ketones (excluding diaryl/α,β-unsaturated/α-hetero) is 2. The van der Waals surface area contributed by atoms with Crippen molar-refractivity contribution in [2.24, 2.45) is 0 Å². The summed E-state index contributed by atoms with van der Waals surface area (Å²) in [6.07, 6.45) is 0.937. The summed E-state index contributed by atoms with van der Waals surface area (Å²) in [4.78, 5) is 95.3. The first-order valence-corrected chi connectivity index (χ1v) is 27.1. The van der Waals surface area contributed by atoms with Gasteiger partial charge in [0, 0.05) is 67.7 Å². The molecule has 18 nitrogen and oxygen atoms in total. The molecule has 0 atom stereocenters. The Morgan fingerprint density at radius 1 is 0.545 bits per heavy atom. The molecule has 0 N–H and O–H groups in total. The van der Waals surface area contributed by atoms with Gasteiger partial charge in [-0.25, -0.2) is 18.0 Å². The number of esters is 2. The van der Waals surface area contributed by atoms with Gasteiger partial charge in [-0.05, 0) is 86.0 Å². The second kappa shape index (κ2) is 28.3. The molecule has 0 aliphatic carbocycles. The number of hydroxylamine groups is 4. The first-order valence-electron chi connectivity index (χ1n) is 22.3. The van der Waals surface area contributed by atoms with Crippen LogP contribution < -0.4 is 29.6 Å². The number of carbonyl (C=O) groups is 8. The number of nitrogens with zero attached hydrogens (tertiary/aromatic N) is 2. The monoisotopic (exact) mass is 1160 g/mol. The van der Waals surface area contributed by atoms with Gasteiger partial charge in [-0.2, -0.15) is 8.42 Å². The van der Waals surface area contributed by atoms with Crippen LogP contribution in [-0.4, -0.2) is 92.6 Å². The SMILES string of the molecule is C=C(C)C(=O)OCCCC(=O)c1ccc(S(=O)(=O)Cl)cc1.C=C(C)C(=O)OCCCC(=O)c1ccc(S(=O)(=O)ON2C(=O)c3cccc4cccc(c34)C2=O)cc1.ClCCl.O=C1c2cccc3cccc(c23)C(=O)N1[O-].[Na+]. The van der Waals surface area contributed by atoms with Crippen LogP contribution in [0.3, 0.4) is 0 Å². The number of halogens is 3. The molecule has 24 heteroatoms. The van der Waals surface area contributed by atoms with Gasteiger partial charge in [0.1, 0.15) is 0 Å². The van der Waals surface area contributed by atoms with Crippen molar-refractivity contribution >= 4 is 122 Å². The van der Waals surface area contributed by atoms with Gasteiger partial charge in [-0.1, -0.05) is 86.0 Å². The molecule has 2 aliphatic heterocycles. The third-order valence-corrected chi connectivity index (χ3v) is 13.4. The minimum Gasteiger partial charge on any atom is -0.749 e. The topological polar surface area (TPSA) is 262 Å². The molecule has 0 saturated carbocycles. The smallest absolute Gasteiger partial charge is 0.749 e. The average Bonchev–Trinajstić information content (AvgIpc) is 3.40. The number of imide groups is 2. The minimum atomic E-state index is -4.57. The van der Waals surface area contributed by atoms with Crippen LogP contribution in [0.15, 0.2) is 155 Å². The zero-order valence-electron chi connectivity index (χ0n) is 41.3. The summed E-state index contributed by atoms with van der Waals surface area (Å²) < 4.78 is 62.6. The maximum Gasteiger partial charge on any atom is 1.00 e. The summed E-state index contributed by atoms with van der Waals surface area (Å²) in [7, 11) is -3.18. The molecule has 0 radical (unpaired) electrons. The standard InChI is InChI=1S/C26H21NO8S.C14H15ClO5S.C12H6NO3.CH2Cl2.Na/c1-16(2)26(31)34-15-5-10-22(28)17-11-13-19(14-12-17)36(32,33)35-27-24(29)20-8-3-6-18-7-4-9-21(23(18)20)25(27)30;1-10(2)14(17)20-9-3-4-13(16)11-5-7-12(8-6-11)21(15,18)19;14-11-8-5-1-3-7-4-2-6-9(10(7)8)12(15)13(11)16;2-1-3;/h3-4,6-9,11-14H,1,5,10,15H2,2H3;5-8H,1,3-4,9H2,2H3;1-6H;1H2;/q;;-1;;+1. The average molecular weight is 1160 g/mol. The van der Waals surface area contributed by atoms with Gasteiger partial charge in [0.2, 0.25) is 0 Å². The number of ether oxygens (including phenoxy) is 2. The summed E-state index contributed by atoms with van der Waals surface area (Å²) in [6.45, 7) is 10.1. The van der Waals surface area contributed by atoms with Crippen molar-refractivity contribution in [2.45, 2.75) is 49.3 Å². The van der Waals surface area contributed by atoms with E-state index in [-0.39, 0.29) is 121 Å². The van der Waals surface area contributed by atoms with E-state index >= 15 is 0 Å². The molecule has 8 rings (SSSR count). The predicted octanol–water partition coefficient (Wildman–Crippen LogP) is 6.89. The van der Waals surface area contributed by atoms with Gasteiger partial charge in [-0.3, -0.25) is 28.8 Å². The van der Waals surface area contributed by atoms with Crippen molar-refractivity contribution in [1.29, 1.82) is 0 Å². The normalized spacial score (nSPS) is 12.4. The first kappa shape index (κ1) is 63.1. The number of alkyl halides is 2. The van der Waals surface area contributed by atoms with Crippen molar-refractivity contribution < 1.29 is 98.5 Å². The van der Waals surface area contributed by atoms with Gasteiger partial charge < -0.3 is 19.7 Å². The van der Waals surface area contributed by atoms with Gasteiger partial charge in [0.15, 0.2) is 11.6 Å². The molecular weight excluding hydrogens is 1110 g/mol. The zero-order chi connectivity index (χ0) is 56.1. The first-order chi connectivity index (χ1) is 35.9. The Morgan fingerprint density at radius 2 is 0.870 bits per heavy atom. The van der Waals surface area contributed by atoms with Crippen LogP contribution in [0.25, 0.3) is 21.5 Å². The van der Waals surface area contributed by atoms with Crippen LogP contribution in [0.2, 0.25) is 0 Å². The Bertz CT molecular complexity index is 3440. The zero-order valence-corrected chi connectivity index (χ0v) is 47.2. The number of carbonyl (C=O) groups excluding carboxylic acids is 8. The van der Waals surface area contributed by atoms with E-state index in [1.54, 1.807) is 55.5 Å². The molecule has 0 saturated heterocycles. The van der Waals surface area contributed by atoms with E-state index < -0.39 is 54.7 Å². The molecule has 0 fully saturated rings. The number of rotatable bonds is 16. The van der Waals surface area contributed by atoms with Crippen LogP contribution in [0, 0.1) is 5.21 Å². The molecular formula is C53H44Cl3N2NaO16S2. The molecule has 0 bridgehead atoms. The van der Waals surface area contributed by atoms with Gasteiger partial charge in [0.25, 0.3) is 32.7 Å². The molecule has 6 aromatic carbocycles. The van der Waals surface area contributed by atoms with Crippen molar-refractivity contribution in [1.82, 2.24) is 10.1 Å². The Labute approximate surface area is 478 Å². The fourth-order valence-corrected chi connectivity index (χ4v) is 8.82. The van der Waals surface area contributed by atoms with E-state index in [1.165, 1.54) is 55.5 Å².